The van der Waals surface area contributed by atoms with Gasteiger partial charge in [-0.25, -0.2) is 4.98 Å². The van der Waals surface area contributed by atoms with Gasteiger partial charge in [0.05, 0.1) is 10.7 Å². The molecule has 0 aliphatic carbocycles. The molecule has 1 unspecified atom stereocenters. The van der Waals surface area contributed by atoms with E-state index >= 15 is 0 Å². The Hall–Kier alpha value is -1.98. The Morgan fingerprint density at radius 3 is 3.09 bits per heavy atom. The number of carbonyl (C=O) groups excluding carboxylic acids is 1. The van der Waals surface area contributed by atoms with E-state index in [4.69, 9.17) is 0 Å². The first-order valence-electron chi connectivity index (χ1n) is 7.83. The zero-order valence-electron chi connectivity index (χ0n) is 13.3. The third-order valence-corrected chi connectivity index (χ3v) is 4.98. The van der Waals surface area contributed by atoms with Crippen LogP contribution < -0.4 is 10.6 Å². The van der Waals surface area contributed by atoms with Crippen molar-refractivity contribution in [3.05, 3.63) is 47.3 Å². The maximum Gasteiger partial charge on any atom is 0.244 e. The van der Waals surface area contributed by atoms with Crippen LogP contribution in [-0.2, 0) is 4.79 Å². The molecule has 2 aromatic rings. The van der Waals surface area contributed by atoms with Gasteiger partial charge < -0.3 is 10.6 Å². The molecule has 0 radical (unpaired) electrons. The third-order valence-electron chi connectivity index (χ3n) is 4.21. The lowest BCUT2D eigenvalue weighted by Crippen LogP contribution is -2.50. The average Bonchev–Trinajstić information content (AvgIpc) is 3.18. The second-order valence-electron chi connectivity index (χ2n) is 5.89. The molecule has 1 saturated heterocycles. The number of hydrogen-bond donors (Lipinski definition) is 2. The molecular formula is C18H21N3OS. The van der Waals surface area contributed by atoms with Crippen LogP contribution in [0.2, 0.25) is 0 Å². The minimum absolute atomic E-state index is 0.0153. The summed E-state index contributed by atoms with van der Waals surface area (Å²) in [6, 6.07) is 7.85. The molecule has 3 rings (SSSR count). The summed E-state index contributed by atoms with van der Waals surface area (Å²) in [5.41, 5.74) is 2.25. The number of nitrogens with one attached hydrogen (secondary N) is 2. The van der Waals surface area contributed by atoms with Crippen molar-refractivity contribution in [2.45, 2.75) is 31.7 Å². The lowest BCUT2D eigenvalue weighted by Gasteiger charge is -2.27. The largest absolute Gasteiger partial charge is 0.324 e. The van der Waals surface area contributed by atoms with Crippen LogP contribution in [-0.4, -0.2) is 23.0 Å². The molecule has 120 valence electrons. The summed E-state index contributed by atoms with van der Waals surface area (Å²) in [5, 5.41) is 9.47. The fourth-order valence-corrected chi connectivity index (χ4v) is 3.64. The lowest BCUT2D eigenvalue weighted by molar-refractivity contribution is -0.121. The number of anilines is 1. The summed E-state index contributed by atoms with van der Waals surface area (Å²) in [6.07, 6.45) is 4.31. The number of benzene rings is 1. The van der Waals surface area contributed by atoms with Gasteiger partial charge in [-0.1, -0.05) is 18.2 Å². The second kappa shape index (κ2) is 6.64. The van der Waals surface area contributed by atoms with Crippen LogP contribution in [0.1, 0.15) is 24.3 Å². The summed E-state index contributed by atoms with van der Waals surface area (Å²) in [4.78, 5) is 17.2. The molecule has 0 bridgehead atoms. The van der Waals surface area contributed by atoms with Crippen LogP contribution in [0.3, 0.4) is 0 Å². The molecule has 2 heterocycles. The van der Waals surface area contributed by atoms with E-state index in [0.29, 0.717) is 6.42 Å². The van der Waals surface area contributed by atoms with E-state index in [0.717, 1.165) is 41.3 Å². The summed E-state index contributed by atoms with van der Waals surface area (Å²) in [5.74, 6) is 0.0153. The van der Waals surface area contributed by atoms with Crippen LogP contribution in [0.5, 0.6) is 0 Å². The molecule has 1 atom stereocenters. The van der Waals surface area contributed by atoms with Gasteiger partial charge in [-0.2, -0.15) is 0 Å². The zero-order chi connectivity index (χ0) is 16.3. The van der Waals surface area contributed by atoms with E-state index in [-0.39, 0.29) is 5.91 Å². The van der Waals surface area contributed by atoms with Gasteiger partial charge in [0.2, 0.25) is 5.91 Å². The van der Waals surface area contributed by atoms with E-state index in [2.05, 4.69) is 22.2 Å². The van der Waals surface area contributed by atoms with Gasteiger partial charge in [0.25, 0.3) is 0 Å². The van der Waals surface area contributed by atoms with E-state index in [1.54, 1.807) is 11.3 Å². The van der Waals surface area contributed by atoms with Gasteiger partial charge >= 0.3 is 0 Å². The van der Waals surface area contributed by atoms with Crippen molar-refractivity contribution in [1.29, 1.82) is 0 Å². The summed E-state index contributed by atoms with van der Waals surface area (Å²) < 4.78 is 0. The lowest BCUT2D eigenvalue weighted by atomic mass is 9.92. The van der Waals surface area contributed by atoms with Crippen molar-refractivity contribution in [2.75, 3.05) is 11.9 Å². The van der Waals surface area contributed by atoms with Crippen molar-refractivity contribution in [1.82, 2.24) is 10.3 Å². The van der Waals surface area contributed by atoms with Crippen LogP contribution >= 0.6 is 11.3 Å². The smallest absolute Gasteiger partial charge is 0.244 e. The zero-order valence-corrected chi connectivity index (χ0v) is 14.1. The number of thiazole rings is 1. The molecule has 1 aliphatic rings. The Labute approximate surface area is 140 Å². The topological polar surface area (TPSA) is 54.0 Å². The summed E-state index contributed by atoms with van der Waals surface area (Å²) in [6.45, 7) is 6.65. The highest BCUT2D eigenvalue weighted by molar-refractivity contribution is 7.09. The van der Waals surface area contributed by atoms with Crippen molar-refractivity contribution < 1.29 is 4.79 Å². The fourth-order valence-electron chi connectivity index (χ4n) is 3.02. The molecule has 1 amide bonds. The van der Waals surface area contributed by atoms with Gasteiger partial charge in [0.15, 0.2) is 0 Å². The number of amides is 1. The molecule has 1 aromatic carbocycles. The van der Waals surface area contributed by atoms with E-state index in [1.165, 1.54) is 0 Å². The highest BCUT2D eigenvalue weighted by atomic mass is 32.1. The molecule has 0 spiro atoms. The number of nitrogens with zero attached hydrogens (tertiary/aromatic N) is 1. The highest BCUT2D eigenvalue weighted by Gasteiger charge is 2.39. The van der Waals surface area contributed by atoms with Crippen LogP contribution in [0.4, 0.5) is 5.69 Å². The number of hydrogen-bond acceptors (Lipinski definition) is 4. The van der Waals surface area contributed by atoms with Gasteiger partial charge in [-0.15, -0.1) is 17.9 Å². The van der Waals surface area contributed by atoms with Crippen molar-refractivity contribution in [2.24, 2.45) is 0 Å². The normalized spacial score (nSPS) is 20.4. The Kier molecular flexibility index (Phi) is 4.59. The molecule has 5 heteroatoms. The van der Waals surface area contributed by atoms with Gasteiger partial charge in [0, 0.05) is 16.6 Å². The maximum absolute atomic E-state index is 12.7. The molecule has 23 heavy (non-hydrogen) atoms. The highest BCUT2D eigenvalue weighted by Crippen LogP contribution is 2.28. The van der Waals surface area contributed by atoms with E-state index in [9.17, 15) is 4.79 Å². The number of rotatable bonds is 5. The monoisotopic (exact) mass is 327 g/mol. The quantitative estimate of drug-likeness (QED) is 0.822. The molecule has 4 nitrogen and oxygen atoms in total. The first kappa shape index (κ1) is 15.9. The van der Waals surface area contributed by atoms with Gasteiger partial charge in [-0.3, -0.25) is 4.79 Å². The van der Waals surface area contributed by atoms with Crippen LogP contribution in [0.25, 0.3) is 11.3 Å². The minimum atomic E-state index is -0.519. The molecule has 2 N–H and O–H groups in total. The minimum Gasteiger partial charge on any atom is -0.324 e. The van der Waals surface area contributed by atoms with Gasteiger partial charge in [-0.05, 0) is 44.9 Å². The van der Waals surface area contributed by atoms with E-state index in [1.807, 2.05) is 42.6 Å². The summed E-state index contributed by atoms with van der Waals surface area (Å²) in [7, 11) is 0. The van der Waals surface area contributed by atoms with Crippen molar-refractivity contribution in [3.63, 3.8) is 0 Å². The predicted octanol–water partition coefficient (Wildman–Crippen LogP) is 3.76. The predicted molar refractivity (Wildman–Crippen MR) is 95.7 cm³/mol. The molecular weight excluding hydrogens is 306 g/mol. The SMILES string of the molecule is C=CCC1(C(=O)Nc2cccc(-c3csc(C)n3)c2)CCCN1. The fraction of sp³-hybridized carbons (Fsp3) is 0.333. The number of carbonyl (C=O) groups is 1. The average molecular weight is 327 g/mol. The van der Waals surface area contributed by atoms with Gasteiger partial charge in [0.1, 0.15) is 5.54 Å². The number of aryl methyl sites for hydroxylation is 1. The van der Waals surface area contributed by atoms with Crippen molar-refractivity contribution >= 4 is 22.9 Å². The van der Waals surface area contributed by atoms with Crippen LogP contribution in [0.15, 0.2) is 42.3 Å². The standard InChI is InChI=1S/C18H21N3OS/c1-3-8-18(9-5-10-19-18)17(22)21-15-7-4-6-14(11-15)16-12-23-13(2)20-16/h3-4,6-7,11-12,19H,1,5,8-10H2,2H3,(H,21,22). The first-order chi connectivity index (χ1) is 11.1. The Bertz CT molecular complexity index is 717. The maximum atomic E-state index is 12.7. The summed E-state index contributed by atoms with van der Waals surface area (Å²) >= 11 is 1.63. The molecule has 1 fully saturated rings. The van der Waals surface area contributed by atoms with Crippen LogP contribution in [0, 0.1) is 6.92 Å². The molecule has 0 saturated carbocycles. The third kappa shape index (κ3) is 3.35. The Balaban J connectivity index is 1.80. The molecule has 1 aliphatic heterocycles. The Morgan fingerprint density at radius 2 is 2.43 bits per heavy atom. The molecule has 1 aromatic heterocycles. The van der Waals surface area contributed by atoms with Crippen molar-refractivity contribution in [3.8, 4) is 11.3 Å². The van der Waals surface area contributed by atoms with E-state index < -0.39 is 5.54 Å². The Morgan fingerprint density at radius 1 is 1.57 bits per heavy atom. The second-order valence-corrected chi connectivity index (χ2v) is 6.95. The number of aromatic nitrogens is 1. The first-order valence-corrected chi connectivity index (χ1v) is 8.71.